The Balaban J connectivity index is 1.97. The molecule has 1 aliphatic rings. The van der Waals surface area contributed by atoms with E-state index in [9.17, 15) is 13.2 Å². The van der Waals surface area contributed by atoms with Crippen molar-refractivity contribution in [2.75, 3.05) is 32.6 Å². The third-order valence-corrected chi connectivity index (χ3v) is 5.57. The van der Waals surface area contributed by atoms with Gasteiger partial charge in [0, 0.05) is 19.6 Å². The minimum atomic E-state index is -3.26. The van der Waals surface area contributed by atoms with Crippen LogP contribution >= 0.6 is 0 Å². The van der Waals surface area contributed by atoms with Crippen molar-refractivity contribution in [3.8, 4) is 11.5 Å². The van der Waals surface area contributed by atoms with E-state index in [4.69, 9.17) is 9.47 Å². The second kappa shape index (κ2) is 9.23. The smallest absolute Gasteiger partial charge is 0.224 e. The molecule has 1 heterocycles. The molecule has 0 radical (unpaired) electrons. The number of benzene rings is 1. The van der Waals surface area contributed by atoms with Crippen molar-refractivity contribution in [3.63, 3.8) is 0 Å². The molecule has 0 aromatic heterocycles. The lowest BCUT2D eigenvalue weighted by Gasteiger charge is -2.30. The number of carbonyl (C=O) groups excluding carboxylic acids is 1. The molecule has 1 saturated heterocycles. The zero-order valence-corrected chi connectivity index (χ0v) is 16.5. The summed E-state index contributed by atoms with van der Waals surface area (Å²) in [4.78, 5) is 12.4. The lowest BCUT2D eigenvalue weighted by molar-refractivity contribution is -0.126. The number of piperidine rings is 1. The van der Waals surface area contributed by atoms with Crippen LogP contribution in [0.5, 0.6) is 11.5 Å². The molecule has 0 bridgehead atoms. The van der Waals surface area contributed by atoms with Crippen LogP contribution in [0.25, 0.3) is 0 Å². The maximum atomic E-state index is 12.4. The normalized spacial score (nSPS) is 18.3. The highest BCUT2D eigenvalue weighted by Crippen LogP contribution is 2.28. The molecule has 2 rings (SSSR count). The van der Waals surface area contributed by atoms with Gasteiger partial charge in [-0.05, 0) is 44.4 Å². The minimum absolute atomic E-state index is 0.120. The van der Waals surface area contributed by atoms with E-state index >= 15 is 0 Å². The molecule has 1 amide bonds. The second-order valence-electron chi connectivity index (χ2n) is 6.33. The van der Waals surface area contributed by atoms with Crippen molar-refractivity contribution in [2.24, 2.45) is 5.92 Å². The molecular weight excluding hydrogens is 356 g/mol. The summed E-state index contributed by atoms with van der Waals surface area (Å²) in [5.41, 5.74) is 0.904. The van der Waals surface area contributed by atoms with Crippen LogP contribution in [0.4, 0.5) is 0 Å². The number of hydrogen-bond acceptors (Lipinski definition) is 5. The van der Waals surface area contributed by atoms with Crippen LogP contribution in [0.1, 0.15) is 32.3 Å². The van der Waals surface area contributed by atoms with Gasteiger partial charge in [0.2, 0.25) is 15.9 Å². The highest BCUT2D eigenvalue weighted by Gasteiger charge is 2.29. The van der Waals surface area contributed by atoms with Crippen LogP contribution in [0.3, 0.4) is 0 Å². The van der Waals surface area contributed by atoms with Crippen molar-refractivity contribution in [2.45, 2.75) is 33.2 Å². The van der Waals surface area contributed by atoms with E-state index in [1.807, 2.05) is 32.0 Å². The van der Waals surface area contributed by atoms with Crippen LogP contribution < -0.4 is 14.8 Å². The third-order valence-electron chi connectivity index (χ3n) is 4.30. The molecule has 1 aliphatic heterocycles. The predicted octanol–water partition coefficient (Wildman–Crippen LogP) is 1.77. The first-order valence-electron chi connectivity index (χ1n) is 8.96. The summed E-state index contributed by atoms with van der Waals surface area (Å²) in [6.45, 7) is 5.99. The fourth-order valence-corrected chi connectivity index (χ4v) is 3.91. The van der Waals surface area contributed by atoms with Gasteiger partial charge in [0.25, 0.3) is 0 Å². The lowest BCUT2D eigenvalue weighted by Crippen LogP contribution is -2.44. The zero-order valence-electron chi connectivity index (χ0n) is 15.7. The number of nitrogens with one attached hydrogen (secondary N) is 1. The number of rotatable bonds is 8. The molecule has 1 aromatic carbocycles. The van der Waals surface area contributed by atoms with Crippen LogP contribution in [0, 0.1) is 5.92 Å². The first-order valence-corrected chi connectivity index (χ1v) is 10.8. The van der Waals surface area contributed by atoms with E-state index in [0.29, 0.717) is 50.6 Å². The van der Waals surface area contributed by atoms with Gasteiger partial charge in [0.1, 0.15) is 0 Å². The average Bonchev–Trinajstić information content (AvgIpc) is 2.61. The fraction of sp³-hybridized carbons (Fsp3) is 0.611. The number of hydrogen-bond donors (Lipinski definition) is 1. The molecular formula is C18H28N2O5S. The first kappa shape index (κ1) is 20.5. The number of nitrogens with zero attached hydrogens (tertiary/aromatic N) is 1. The Morgan fingerprint density at radius 3 is 2.58 bits per heavy atom. The van der Waals surface area contributed by atoms with Crippen LogP contribution in [0.15, 0.2) is 18.2 Å². The molecule has 0 aliphatic carbocycles. The Morgan fingerprint density at radius 2 is 1.92 bits per heavy atom. The summed E-state index contributed by atoms with van der Waals surface area (Å²) in [5.74, 6) is 0.903. The number of sulfonamides is 1. The first-order chi connectivity index (χ1) is 12.3. The van der Waals surface area contributed by atoms with Gasteiger partial charge in [0.15, 0.2) is 11.5 Å². The summed E-state index contributed by atoms with van der Waals surface area (Å²) in [6, 6.07) is 5.58. The summed E-state index contributed by atoms with van der Waals surface area (Å²) in [7, 11) is -3.26. The average molecular weight is 384 g/mol. The molecule has 1 aromatic rings. The van der Waals surface area contributed by atoms with Crippen molar-refractivity contribution in [1.82, 2.24) is 9.62 Å². The Kier molecular flexibility index (Phi) is 7.28. The van der Waals surface area contributed by atoms with Crippen LogP contribution in [0.2, 0.25) is 0 Å². The highest BCUT2D eigenvalue weighted by molar-refractivity contribution is 7.88. The van der Waals surface area contributed by atoms with Gasteiger partial charge in [-0.25, -0.2) is 12.7 Å². The van der Waals surface area contributed by atoms with Gasteiger partial charge in [0.05, 0.1) is 25.4 Å². The van der Waals surface area contributed by atoms with E-state index in [1.54, 1.807) is 0 Å². The maximum Gasteiger partial charge on any atom is 0.224 e. The maximum absolute atomic E-state index is 12.4. The minimum Gasteiger partial charge on any atom is -0.490 e. The van der Waals surface area contributed by atoms with Crippen molar-refractivity contribution in [1.29, 1.82) is 0 Å². The Bertz CT molecular complexity index is 720. The van der Waals surface area contributed by atoms with Gasteiger partial charge in [-0.15, -0.1) is 0 Å². The largest absolute Gasteiger partial charge is 0.490 e. The molecule has 1 N–H and O–H groups in total. The van der Waals surface area contributed by atoms with E-state index in [-0.39, 0.29) is 18.4 Å². The van der Waals surface area contributed by atoms with Gasteiger partial charge < -0.3 is 14.8 Å². The number of ether oxygens (including phenoxy) is 2. The van der Waals surface area contributed by atoms with Gasteiger partial charge in [-0.3, -0.25) is 4.79 Å². The molecule has 26 heavy (non-hydrogen) atoms. The zero-order chi connectivity index (χ0) is 19.2. The van der Waals surface area contributed by atoms with Crippen molar-refractivity contribution >= 4 is 15.9 Å². The summed E-state index contributed by atoms with van der Waals surface area (Å²) >= 11 is 0. The molecule has 1 atom stereocenters. The Morgan fingerprint density at radius 1 is 1.23 bits per heavy atom. The molecule has 0 saturated carbocycles. The monoisotopic (exact) mass is 384 g/mol. The van der Waals surface area contributed by atoms with E-state index in [2.05, 4.69) is 5.32 Å². The van der Waals surface area contributed by atoms with E-state index in [1.165, 1.54) is 10.6 Å². The third kappa shape index (κ3) is 5.60. The predicted molar refractivity (Wildman–Crippen MR) is 99.8 cm³/mol. The lowest BCUT2D eigenvalue weighted by atomic mass is 9.98. The molecule has 146 valence electrons. The van der Waals surface area contributed by atoms with Crippen LogP contribution in [-0.2, 0) is 21.4 Å². The van der Waals surface area contributed by atoms with Gasteiger partial charge in [-0.2, -0.15) is 0 Å². The number of carbonyl (C=O) groups is 1. The van der Waals surface area contributed by atoms with Crippen molar-refractivity contribution in [3.05, 3.63) is 23.8 Å². The molecule has 1 fully saturated rings. The fourth-order valence-electron chi connectivity index (χ4n) is 3.00. The summed E-state index contributed by atoms with van der Waals surface area (Å²) < 4.78 is 35.9. The molecule has 7 nitrogen and oxygen atoms in total. The van der Waals surface area contributed by atoms with Crippen LogP contribution in [-0.4, -0.2) is 51.2 Å². The second-order valence-corrected chi connectivity index (χ2v) is 8.31. The Labute approximate surface area is 155 Å². The van der Waals surface area contributed by atoms with Gasteiger partial charge in [-0.1, -0.05) is 6.07 Å². The van der Waals surface area contributed by atoms with Gasteiger partial charge >= 0.3 is 0 Å². The quantitative estimate of drug-likeness (QED) is 0.738. The SMILES string of the molecule is CCOc1ccc(CNC(=O)[C@H]2CCCN(S(C)(=O)=O)C2)cc1OCC. The highest BCUT2D eigenvalue weighted by atomic mass is 32.2. The molecule has 8 heteroatoms. The number of amides is 1. The summed E-state index contributed by atoms with van der Waals surface area (Å²) in [5, 5.41) is 2.90. The standard InChI is InChI=1S/C18H28N2O5S/c1-4-24-16-9-8-14(11-17(16)25-5-2)12-19-18(21)15-7-6-10-20(13-15)26(3,22)23/h8-9,11,15H,4-7,10,12-13H2,1-3H3,(H,19,21)/t15-/m0/s1. The van der Waals surface area contributed by atoms with Crippen molar-refractivity contribution < 1.29 is 22.7 Å². The molecule has 0 unspecified atom stereocenters. The van der Waals surface area contributed by atoms with E-state index < -0.39 is 10.0 Å². The Hall–Kier alpha value is -1.80. The van der Waals surface area contributed by atoms with E-state index in [0.717, 1.165) is 5.56 Å². The molecule has 0 spiro atoms. The topological polar surface area (TPSA) is 84.9 Å². The summed E-state index contributed by atoms with van der Waals surface area (Å²) in [6.07, 6.45) is 2.58.